The number of nitrogens with zero attached hydrogens (tertiary/aromatic N) is 2. The highest BCUT2D eigenvalue weighted by molar-refractivity contribution is 5.94. The monoisotopic (exact) mass is 305 g/mol. The highest BCUT2D eigenvalue weighted by Crippen LogP contribution is 2.27. The van der Waals surface area contributed by atoms with Crippen LogP contribution in [-0.4, -0.2) is 75.2 Å². The van der Waals surface area contributed by atoms with E-state index < -0.39 is 0 Å². The molecule has 4 rings (SSSR count). The predicted molar refractivity (Wildman–Crippen MR) is 83.7 cm³/mol. The number of carbonyl (C=O) groups is 1. The van der Waals surface area contributed by atoms with Crippen molar-refractivity contribution in [3.05, 3.63) is 23.8 Å². The predicted octanol–water partition coefficient (Wildman–Crippen LogP) is 0.433. The van der Waals surface area contributed by atoms with E-state index in [1.165, 1.54) is 0 Å². The molecule has 3 saturated heterocycles. The Labute approximate surface area is 131 Å². The number of carbonyl (C=O) groups excluding carboxylic acids is 1. The molecular formula is C16H23N3O3. The van der Waals surface area contributed by atoms with E-state index in [-0.39, 0.29) is 5.91 Å². The number of nitrogens with one attached hydrogen (secondary N) is 1. The minimum Gasteiger partial charge on any atom is -0.493 e. The molecule has 1 amide bonds. The summed E-state index contributed by atoms with van der Waals surface area (Å²) >= 11 is 0. The zero-order chi connectivity index (χ0) is 15.5. The van der Waals surface area contributed by atoms with Crippen molar-refractivity contribution in [3.8, 4) is 11.5 Å². The molecule has 120 valence electrons. The summed E-state index contributed by atoms with van der Waals surface area (Å²) in [6, 6.07) is 5.65. The molecule has 3 aliphatic heterocycles. The van der Waals surface area contributed by atoms with Crippen LogP contribution in [0.15, 0.2) is 18.2 Å². The average Bonchev–Trinajstić information content (AvgIpc) is 2.60. The quantitative estimate of drug-likeness (QED) is 0.855. The Balaban J connectivity index is 1.60. The number of benzene rings is 1. The second kappa shape index (κ2) is 6.54. The minimum absolute atomic E-state index is 0.0707. The third-order valence-corrected chi connectivity index (χ3v) is 4.54. The fraction of sp³-hybridized carbons (Fsp3) is 0.562. The lowest BCUT2D eigenvalue weighted by atomic mass is 10.1. The SMILES string of the molecule is COc1ccc(C(=O)NCC2CN3CCN2CC3)cc1OC. The minimum atomic E-state index is -0.0707. The first-order valence-corrected chi connectivity index (χ1v) is 7.68. The molecule has 2 bridgehead atoms. The smallest absolute Gasteiger partial charge is 0.251 e. The number of amides is 1. The van der Waals surface area contributed by atoms with Gasteiger partial charge in [-0.15, -0.1) is 0 Å². The fourth-order valence-corrected chi connectivity index (χ4v) is 3.21. The normalized spacial score (nSPS) is 26.5. The van der Waals surface area contributed by atoms with Crippen LogP contribution in [0.25, 0.3) is 0 Å². The van der Waals surface area contributed by atoms with Gasteiger partial charge in [0.15, 0.2) is 11.5 Å². The Morgan fingerprint density at radius 2 is 1.91 bits per heavy atom. The maximum Gasteiger partial charge on any atom is 0.251 e. The molecule has 0 spiro atoms. The maximum atomic E-state index is 12.3. The number of ether oxygens (including phenoxy) is 2. The van der Waals surface area contributed by atoms with Crippen LogP contribution in [0, 0.1) is 0 Å². The number of rotatable bonds is 5. The molecule has 1 aromatic rings. The summed E-state index contributed by atoms with van der Waals surface area (Å²) in [5.41, 5.74) is 0.592. The van der Waals surface area contributed by atoms with Gasteiger partial charge in [-0.3, -0.25) is 14.6 Å². The summed E-state index contributed by atoms with van der Waals surface area (Å²) in [7, 11) is 3.15. The molecule has 6 heteroatoms. The van der Waals surface area contributed by atoms with Gasteiger partial charge in [-0.2, -0.15) is 0 Å². The molecule has 0 radical (unpaired) electrons. The number of methoxy groups -OCH3 is 2. The van der Waals surface area contributed by atoms with E-state index >= 15 is 0 Å². The van der Waals surface area contributed by atoms with Gasteiger partial charge in [-0.05, 0) is 18.2 Å². The molecule has 1 N–H and O–H groups in total. The van der Waals surface area contributed by atoms with Crippen LogP contribution < -0.4 is 14.8 Å². The lowest BCUT2D eigenvalue weighted by Crippen LogP contribution is -2.63. The van der Waals surface area contributed by atoms with Crippen molar-refractivity contribution in [1.29, 1.82) is 0 Å². The second-order valence-electron chi connectivity index (χ2n) is 5.77. The molecule has 1 atom stereocenters. The Kier molecular flexibility index (Phi) is 4.49. The third-order valence-electron chi connectivity index (χ3n) is 4.54. The highest BCUT2D eigenvalue weighted by atomic mass is 16.5. The zero-order valence-corrected chi connectivity index (χ0v) is 13.2. The van der Waals surface area contributed by atoms with E-state index in [4.69, 9.17) is 9.47 Å². The van der Waals surface area contributed by atoms with Crippen molar-refractivity contribution in [1.82, 2.24) is 15.1 Å². The molecule has 22 heavy (non-hydrogen) atoms. The van der Waals surface area contributed by atoms with Crippen molar-refractivity contribution in [3.63, 3.8) is 0 Å². The summed E-state index contributed by atoms with van der Waals surface area (Å²) < 4.78 is 10.4. The fourth-order valence-electron chi connectivity index (χ4n) is 3.21. The van der Waals surface area contributed by atoms with E-state index in [0.717, 1.165) is 32.7 Å². The molecule has 6 nitrogen and oxygen atoms in total. The summed E-state index contributed by atoms with van der Waals surface area (Å²) in [6.45, 7) is 6.25. The summed E-state index contributed by atoms with van der Waals surface area (Å²) in [5, 5.41) is 3.04. The van der Waals surface area contributed by atoms with Gasteiger partial charge in [0, 0.05) is 50.9 Å². The average molecular weight is 305 g/mol. The number of fused-ring (bicyclic) bond motifs is 3. The molecular weight excluding hydrogens is 282 g/mol. The molecule has 3 aliphatic rings. The van der Waals surface area contributed by atoms with Gasteiger partial charge in [0.2, 0.25) is 0 Å². The number of hydrogen-bond donors (Lipinski definition) is 1. The lowest BCUT2D eigenvalue weighted by molar-refractivity contribution is 0.0138. The molecule has 3 fully saturated rings. The van der Waals surface area contributed by atoms with E-state index in [0.29, 0.717) is 29.6 Å². The van der Waals surface area contributed by atoms with Gasteiger partial charge >= 0.3 is 0 Å². The molecule has 0 aliphatic carbocycles. The molecule has 1 unspecified atom stereocenters. The topological polar surface area (TPSA) is 54.0 Å². The van der Waals surface area contributed by atoms with Crippen LogP contribution in [0.4, 0.5) is 0 Å². The van der Waals surface area contributed by atoms with Crippen LogP contribution in [-0.2, 0) is 0 Å². The molecule has 0 saturated carbocycles. The Morgan fingerprint density at radius 3 is 2.50 bits per heavy atom. The van der Waals surface area contributed by atoms with Gasteiger partial charge in [-0.25, -0.2) is 0 Å². The molecule has 1 aromatic carbocycles. The van der Waals surface area contributed by atoms with E-state index in [2.05, 4.69) is 15.1 Å². The van der Waals surface area contributed by atoms with Crippen molar-refractivity contribution in [2.45, 2.75) is 6.04 Å². The van der Waals surface area contributed by atoms with Gasteiger partial charge in [0.05, 0.1) is 14.2 Å². The Morgan fingerprint density at radius 1 is 1.18 bits per heavy atom. The van der Waals surface area contributed by atoms with Crippen LogP contribution in [0.5, 0.6) is 11.5 Å². The number of piperazine rings is 3. The first-order chi connectivity index (χ1) is 10.7. The molecule has 0 aromatic heterocycles. The van der Waals surface area contributed by atoms with Crippen LogP contribution in [0.3, 0.4) is 0 Å². The van der Waals surface area contributed by atoms with Crippen LogP contribution in [0.1, 0.15) is 10.4 Å². The third kappa shape index (κ3) is 3.03. The second-order valence-corrected chi connectivity index (χ2v) is 5.77. The zero-order valence-electron chi connectivity index (χ0n) is 13.2. The summed E-state index contributed by atoms with van der Waals surface area (Å²) in [5.74, 6) is 1.13. The maximum absolute atomic E-state index is 12.3. The first-order valence-electron chi connectivity index (χ1n) is 7.68. The Hall–Kier alpha value is -1.79. The lowest BCUT2D eigenvalue weighted by Gasteiger charge is -2.47. The van der Waals surface area contributed by atoms with Crippen molar-refractivity contribution >= 4 is 5.91 Å². The van der Waals surface area contributed by atoms with Gasteiger partial charge in [0.1, 0.15) is 0 Å². The van der Waals surface area contributed by atoms with Crippen molar-refractivity contribution in [2.24, 2.45) is 0 Å². The molecule has 3 heterocycles. The Bertz CT molecular complexity index is 541. The van der Waals surface area contributed by atoms with Crippen LogP contribution >= 0.6 is 0 Å². The first kappa shape index (κ1) is 15.1. The standard InChI is InChI=1S/C16H23N3O3/c1-21-14-4-3-12(9-15(14)22-2)16(20)17-10-13-11-18-5-7-19(13)8-6-18/h3-4,9,13H,5-8,10-11H2,1-2H3,(H,17,20). The van der Waals surface area contributed by atoms with E-state index in [1.807, 2.05) is 0 Å². The summed E-state index contributed by atoms with van der Waals surface area (Å²) in [4.78, 5) is 17.3. The van der Waals surface area contributed by atoms with Crippen LogP contribution in [0.2, 0.25) is 0 Å². The largest absolute Gasteiger partial charge is 0.493 e. The highest BCUT2D eigenvalue weighted by Gasteiger charge is 2.31. The van der Waals surface area contributed by atoms with E-state index in [1.54, 1.807) is 32.4 Å². The van der Waals surface area contributed by atoms with Gasteiger partial charge < -0.3 is 14.8 Å². The van der Waals surface area contributed by atoms with Crippen molar-refractivity contribution in [2.75, 3.05) is 53.5 Å². The van der Waals surface area contributed by atoms with Gasteiger partial charge in [-0.1, -0.05) is 0 Å². The van der Waals surface area contributed by atoms with E-state index in [9.17, 15) is 4.79 Å². The summed E-state index contributed by atoms with van der Waals surface area (Å²) in [6.07, 6.45) is 0. The van der Waals surface area contributed by atoms with Crippen molar-refractivity contribution < 1.29 is 14.3 Å². The number of hydrogen-bond acceptors (Lipinski definition) is 5. The van der Waals surface area contributed by atoms with Gasteiger partial charge in [0.25, 0.3) is 5.91 Å².